The van der Waals surface area contributed by atoms with E-state index in [4.69, 9.17) is 5.11 Å². The highest BCUT2D eigenvalue weighted by Crippen LogP contribution is 2.23. The maximum Gasteiger partial charge on any atom is 0.522 e. The number of hydrogen-bond acceptors (Lipinski definition) is 2. The second-order valence-corrected chi connectivity index (χ2v) is 3.64. The molecule has 74 valence electrons. The van der Waals surface area contributed by atoms with Crippen LogP contribution in [-0.4, -0.2) is 24.2 Å². The van der Waals surface area contributed by atoms with Crippen LogP contribution >= 0.6 is 0 Å². The van der Waals surface area contributed by atoms with E-state index in [0.717, 1.165) is 0 Å². The average Bonchev–Trinajstić information content (AvgIpc) is 1.78. The molecule has 0 rings (SSSR count). The summed E-state index contributed by atoms with van der Waals surface area (Å²) in [7, 11) is 0. The van der Waals surface area contributed by atoms with Gasteiger partial charge in [-0.2, -0.15) is 0 Å². The Bertz CT molecular complexity index is 137. The Balaban J connectivity index is 3.80. The second-order valence-electron chi connectivity index (χ2n) is 3.64. The van der Waals surface area contributed by atoms with E-state index in [1.807, 2.05) is 0 Å². The maximum atomic E-state index is 11.5. The van der Waals surface area contributed by atoms with Gasteiger partial charge in [-0.3, -0.25) is 4.74 Å². The predicted octanol–water partition coefficient (Wildman–Crippen LogP) is 1.93. The Hall–Kier alpha value is -0.290. The first-order valence-electron chi connectivity index (χ1n) is 3.51. The minimum atomic E-state index is -4.66. The third-order valence-electron chi connectivity index (χ3n) is 1.40. The van der Waals surface area contributed by atoms with Gasteiger partial charge in [0.2, 0.25) is 0 Å². The van der Waals surface area contributed by atoms with Gasteiger partial charge >= 0.3 is 6.36 Å². The molecule has 0 bridgehead atoms. The van der Waals surface area contributed by atoms with Gasteiger partial charge in [0.25, 0.3) is 0 Å². The zero-order chi connectivity index (χ0) is 9.99. The van der Waals surface area contributed by atoms with Crippen molar-refractivity contribution in [1.29, 1.82) is 0 Å². The molecular weight excluding hydrogens is 173 g/mol. The van der Waals surface area contributed by atoms with Crippen molar-refractivity contribution in [1.82, 2.24) is 0 Å². The second kappa shape index (κ2) is 3.62. The highest BCUT2D eigenvalue weighted by molar-refractivity contribution is 4.71. The summed E-state index contributed by atoms with van der Waals surface area (Å²) in [5, 5.41) is 9.12. The molecule has 0 unspecified atom stereocenters. The third kappa shape index (κ3) is 5.37. The summed E-state index contributed by atoms with van der Waals surface area (Å²) in [6.07, 6.45) is -5.77. The molecule has 2 nitrogen and oxygen atoms in total. The number of rotatable bonds is 2. The van der Waals surface area contributed by atoms with E-state index in [2.05, 4.69) is 4.74 Å². The molecule has 0 spiro atoms. The Morgan fingerprint density at radius 3 is 1.92 bits per heavy atom. The van der Waals surface area contributed by atoms with Crippen LogP contribution in [0.3, 0.4) is 0 Å². The van der Waals surface area contributed by atoms with Crippen LogP contribution in [0.15, 0.2) is 0 Å². The van der Waals surface area contributed by atoms with Crippen LogP contribution < -0.4 is 0 Å². The highest BCUT2D eigenvalue weighted by Gasteiger charge is 2.32. The smallest absolute Gasteiger partial charge is 0.390 e. The quantitative estimate of drug-likeness (QED) is 0.714. The zero-order valence-electron chi connectivity index (χ0n) is 7.27. The molecule has 0 aromatic carbocycles. The average molecular weight is 186 g/mol. The number of aliphatic hydroxyl groups excluding tert-OH is 1. The van der Waals surface area contributed by atoms with Gasteiger partial charge in [0.15, 0.2) is 0 Å². The van der Waals surface area contributed by atoms with E-state index in [1.165, 1.54) is 0 Å². The summed E-state index contributed by atoms with van der Waals surface area (Å²) in [5.41, 5.74) is -0.592. The van der Waals surface area contributed by atoms with Crippen molar-refractivity contribution in [2.24, 2.45) is 5.41 Å². The molecule has 0 fully saturated rings. The Morgan fingerprint density at radius 2 is 1.67 bits per heavy atom. The van der Waals surface area contributed by atoms with Crippen LogP contribution in [-0.2, 0) is 4.74 Å². The van der Waals surface area contributed by atoms with E-state index in [9.17, 15) is 13.2 Å². The van der Waals surface area contributed by atoms with E-state index < -0.39 is 24.5 Å². The van der Waals surface area contributed by atoms with Crippen molar-refractivity contribution in [3.05, 3.63) is 0 Å². The van der Waals surface area contributed by atoms with Gasteiger partial charge in [-0.05, 0) is 5.41 Å². The van der Waals surface area contributed by atoms with Crippen molar-refractivity contribution >= 4 is 0 Å². The van der Waals surface area contributed by atoms with Crippen molar-refractivity contribution < 1.29 is 23.0 Å². The topological polar surface area (TPSA) is 29.5 Å². The lowest BCUT2D eigenvalue weighted by atomic mass is 9.90. The molecule has 0 amide bonds. The van der Waals surface area contributed by atoms with Crippen molar-refractivity contribution in [3.8, 4) is 0 Å². The molecule has 0 aromatic rings. The number of ether oxygens (including phenoxy) is 1. The molecule has 0 radical (unpaired) electrons. The Morgan fingerprint density at radius 1 is 1.25 bits per heavy atom. The molecule has 0 aliphatic rings. The SMILES string of the molecule is CC(C)(C)[C@@H](O)COC(F)(F)F. The Kier molecular flexibility index (Phi) is 3.53. The minimum absolute atomic E-state index is 0.592. The predicted molar refractivity (Wildman–Crippen MR) is 37.5 cm³/mol. The number of alkyl halides is 3. The Labute approximate surface area is 69.3 Å². The van der Waals surface area contributed by atoms with Crippen LogP contribution in [0, 0.1) is 5.41 Å². The van der Waals surface area contributed by atoms with Gasteiger partial charge in [-0.1, -0.05) is 20.8 Å². The molecule has 0 aromatic heterocycles. The fourth-order valence-electron chi connectivity index (χ4n) is 0.423. The zero-order valence-corrected chi connectivity index (χ0v) is 7.27. The van der Waals surface area contributed by atoms with Crippen molar-refractivity contribution in [2.45, 2.75) is 33.2 Å². The van der Waals surface area contributed by atoms with Gasteiger partial charge in [0.1, 0.15) is 0 Å². The van der Waals surface area contributed by atoms with E-state index in [0.29, 0.717) is 0 Å². The highest BCUT2D eigenvalue weighted by atomic mass is 19.4. The lowest BCUT2D eigenvalue weighted by Crippen LogP contribution is -2.33. The first-order chi connectivity index (χ1) is 5.13. The minimum Gasteiger partial charge on any atom is -0.390 e. The molecule has 0 aliphatic heterocycles. The molecule has 0 saturated carbocycles. The van der Waals surface area contributed by atoms with Crippen LogP contribution in [0.4, 0.5) is 13.2 Å². The molecule has 1 atom stereocenters. The summed E-state index contributed by atoms with van der Waals surface area (Å²) < 4.78 is 37.9. The van der Waals surface area contributed by atoms with Gasteiger partial charge in [0, 0.05) is 0 Å². The fraction of sp³-hybridized carbons (Fsp3) is 1.00. The van der Waals surface area contributed by atoms with E-state index >= 15 is 0 Å². The number of halogens is 3. The third-order valence-corrected chi connectivity index (χ3v) is 1.40. The molecular formula is C7H13F3O2. The van der Waals surface area contributed by atoms with E-state index in [1.54, 1.807) is 20.8 Å². The van der Waals surface area contributed by atoms with Gasteiger partial charge < -0.3 is 5.11 Å². The number of hydrogen-bond donors (Lipinski definition) is 1. The molecule has 1 N–H and O–H groups in total. The van der Waals surface area contributed by atoms with Gasteiger partial charge in [-0.15, -0.1) is 13.2 Å². The lowest BCUT2D eigenvalue weighted by molar-refractivity contribution is -0.333. The van der Waals surface area contributed by atoms with Crippen LogP contribution in [0.25, 0.3) is 0 Å². The van der Waals surface area contributed by atoms with Crippen LogP contribution in [0.1, 0.15) is 20.8 Å². The molecule has 5 heteroatoms. The van der Waals surface area contributed by atoms with Gasteiger partial charge in [-0.25, -0.2) is 0 Å². The standard InChI is InChI=1S/C7H13F3O2/c1-6(2,3)5(11)4-12-7(8,9)10/h5,11H,4H2,1-3H3/t5-/m0/s1. The first kappa shape index (κ1) is 11.7. The monoisotopic (exact) mass is 186 g/mol. The summed E-state index contributed by atoms with van der Waals surface area (Å²) >= 11 is 0. The lowest BCUT2D eigenvalue weighted by Gasteiger charge is -2.25. The largest absolute Gasteiger partial charge is 0.522 e. The summed E-state index contributed by atoms with van der Waals surface area (Å²) in [6, 6.07) is 0. The molecule has 12 heavy (non-hydrogen) atoms. The molecule has 0 saturated heterocycles. The van der Waals surface area contributed by atoms with Crippen molar-refractivity contribution in [2.75, 3.05) is 6.61 Å². The number of aliphatic hydroxyl groups is 1. The molecule has 0 heterocycles. The summed E-state index contributed by atoms with van der Waals surface area (Å²) in [4.78, 5) is 0. The van der Waals surface area contributed by atoms with E-state index in [-0.39, 0.29) is 0 Å². The van der Waals surface area contributed by atoms with Crippen LogP contribution in [0.5, 0.6) is 0 Å². The van der Waals surface area contributed by atoms with Gasteiger partial charge in [0.05, 0.1) is 12.7 Å². The maximum absolute atomic E-state index is 11.5. The summed E-state index contributed by atoms with van der Waals surface area (Å²) in [5.74, 6) is 0. The van der Waals surface area contributed by atoms with Crippen molar-refractivity contribution in [3.63, 3.8) is 0 Å². The normalized spacial score (nSPS) is 16.2. The fourth-order valence-corrected chi connectivity index (χ4v) is 0.423. The first-order valence-corrected chi connectivity index (χ1v) is 3.51. The summed E-state index contributed by atoms with van der Waals surface area (Å²) in [6.45, 7) is 4.19. The molecule has 0 aliphatic carbocycles. The van der Waals surface area contributed by atoms with Crippen LogP contribution in [0.2, 0.25) is 0 Å².